The molecule has 0 spiro atoms. The number of nitrogen functional groups attached to an aromatic ring is 1. The summed E-state index contributed by atoms with van der Waals surface area (Å²) in [6.45, 7) is 0.530. The molecule has 2 aromatic carbocycles. The maximum Gasteiger partial charge on any atom is 0.137 e. The monoisotopic (exact) mass is 397 g/mol. The Bertz CT molecular complexity index is 985. The molecule has 1 atom stereocenters. The second-order valence-corrected chi connectivity index (χ2v) is 6.84. The normalized spacial score (nSPS) is 13.2. The molecule has 6 nitrogen and oxygen atoms in total. The average molecular weight is 397 g/mol. The molecule has 1 unspecified atom stereocenters. The van der Waals surface area contributed by atoms with Crippen molar-refractivity contribution in [2.45, 2.75) is 18.7 Å². The van der Waals surface area contributed by atoms with Crippen molar-refractivity contribution in [3.63, 3.8) is 0 Å². The highest BCUT2D eigenvalue weighted by atomic mass is 19.1. The van der Waals surface area contributed by atoms with Gasteiger partial charge in [-0.15, -0.1) is 6.42 Å². The van der Waals surface area contributed by atoms with E-state index in [0.29, 0.717) is 12.2 Å². The van der Waals surface area contributed by atoms with Crippen molar-refractivity contribution in [1.82, 2.24) is 19.7 Å². The summed E-state index contributed by atoms with van der Waals surface area (Å²) in [6, 6.07) is 10.3. The van der Waals surface area contributed by atoms with Gasteiger partial charge in [0, 0.05) is 30.4 Å². The molecular weight excluding hydrogens is 376 g/mol. The van der Waals surface area contributed by atoms with Crippen LogP contribution in [-0.2, 0) is 18.7 Å². The first kappa shape index (κ1) is 20.5. The van der Waals surface area contributed by atoms with Gasteiger partial charge in [-0.1, -0.05) is 24.1 Å². The summed E-state index contributed by atoms with van der Waals surface area (Å²) in [5.41, 5.74) is 5.51. The Balaban J connectivity index is 1.92. The van der Waals surface area contributed by atoms with Crippen LogP contribution in [0.5, 0.6) is 0 Å². The lowest BCUT2D eigenvalue weighted by atomic mass is 9.92. The van der Waals surface area contributed by atoms with Gasteiger partial charge in [-0.05, 0) is 23.8 Å². The standard InChI is InChI=1S/C21H21F2N5O/c1-2-9-27(11-16-3-6-18(24)7-4-16)12-21(29,13-28-15-25-14-26-28)19-8-5-17(22)10-20(19)23/h1,3-8,10,14-15,29H,9,11-13,24H2. The minimum absolute atomic E-state index is 0.00993. The lowest BCUT2D eigenvalue weighted by Crippen LogP contribution is -2.44. The Labute approximate surface area is 167 Å². The predicted octanol–water partition coefficient (Wildman–Crippen LogP) is 2.16. The summed E-state index contributed by atoms with van der Waals surface area (Å²) in [5, 5.41) is 15.5. The first-order valence-corrected chi connectivity index (χ1v) is 8.90. The van der Waals surface area contributed by atoms with Crippen molar-refractivity contribution in [1.29, 1.82) is 0 Å². The predicted molar refractivity (Wildman–Crippen MR) is 105 cm³/mol. The lowest BCUT2D eigenvalue weighted by Gasteiger charge is -2.34. The maximum absolute atomic E-state index is 14.6. The average Bonchev–Trinajstić information content (AvgIpc) is 3.16. The Hall–Kier alpha value is -3.28. The van der Waals surface area contributed by atoms with E-state index in [1.165, 1.54) is 23.4 Å². The number of terminal acetylenes is 1. The molecule has 0 radical (unpaired) electrons. The van der Waals surface area contributed by atoms with Crippen molar-refractivity contribution in [2.75, 3.05) is 18.8 Å². The van der Waals surface area contributed by atoms with Crippen LogP contribution >= 0.6 is 0 Å². The first-order valence-electron chi connectivity index (χ1n) is 8.90. The molecule has 8 heteroatoms. The summed E-state index contributed by atoms with van der Waals surface area (Å²) in [6.07, 6.45) is 8.24. The number of rotatable bonds is 8. The lowest BCUT2D eigenvalue weighted by molar-refractivity contribution is -0.0205. The molecule has 3 N–H and O–H groups in total. The summed E-state index contributed by atoms with van der Waals surface area (Å²) in [5.74, 6) is 0.986. The fraction of sp³-hybridized carbons (Fsp3) is 0.238. The van der Waals surface area contributed by atoms with Crippen LogP contribution in [0.3, 0.4) is 0 Å². The fourth-order valence-corrected chi connectivity index (χ4v) is 3.22. The highest BCUT2D eigenvalue weighted by molar-refractivity contribution is 5.39. The van der Waals surface area contributed by atoms with Crippen molar-refractivity contribution < 1.29 is 13.9 Å². The molecule has 0 saturated carbocycles. The van der Waals surface area contributed by atoms with E-state index in [4.69, 9.17) is 12.2 Å². The second kappa shape index (κ2) is 8.82. The zero-order valence-corrected chi connectivity index (χ0v) is 15.7. The third kappa shape index (κ3) is 5.16. The third-order valence-electron chi connectivity index (χ3n) is 4.51. The summed E-state index contributed by atoms with van der Waals surface area (Å²) >= 11 is 0. The van der Waals surface area contributed by atoms with Gasteiger partial charge in [0.2, 0.25) is 0 Å². The summed E-state index contributed by atoms with van der Waals surface area (Å²) in [7, 11) is 0. The van der Waals surface area contributed by atoms with Crippen LogP contribution in [0.2, 0.25) is 0 Å². The molecule has 0 amide bonds. The number of nitrogens with two attached hydrogens (primary N) is 1. The fourth-order valence-electron chi connectivity index (χ4n) is 3.22. The van der Waals surface area contributed by atoms with E-state index >= 15 is 0 Å². The van der Waals surface area contributed by atoms with Crippen molar-refractivity contribution in [3.8, 4) is 12.3 Å². The molecule has 0 aliphatic carbocycles. The number of hydrogen-bond acceptors (Lipinski definition) is 5. The minimum Gasteiger partial charge on any atom is -0.399 e. The van der Waals surface area contributed by atoms with Gasteiger partial charge in [-0.2, -0.15) is 5.10 Å². The van der Waals surface area contributed by atoms with Crippen LogP contribution in [0.4, 0.5) is 14.5 Å². The van der Waals surface area contributed by atoms with Gasteiger partial charge in [0.25, 0.3) is 0 Å². The van der Waals surface area contributed by atoms with Crippen LogP contribution in [0.15, 0.2) is 55.1 Å². The van der Waals surface area contributed by atoms with Gasteiger partial charge in [0.05, 0.1) is 13.1 Å². The Morgan fingerprint density at radius 3 is 2.59 bits per heavy atom. The van der Waals surface area contributed by atoms with E-state index in [9.17, 15) is 13.9 Å². The van der Waals surface area contributed by atoms with Crippen LogP contribution in [0.1, 0.15) is 11.1 Å². The van der Waals surface area contributed by atoms with Gasteiger partial charge in [0.15, 0.2) is 0 Å². The molecule has 0 aliphatic rings. The first-order chi connectivity index (χ1) is 13.9. The van der Waals surface area contributed by atoms with Gasteiger partial charge in [-0.25, -0.2) is 18.4 Å². The second-order valence-electron chi connectivity index (χ2n) is 6.84. The number of benzene rings is 2. The summed E-state index contributed by atoms with van der Waals surface area (Å²) < 4.78 is 29.4. The van der Waals surface area contributed by atoms with E-state index < -0.39 is 17.2 Å². The molecule has 0 saturated heterocycles. The number of anilines is 1. The van der Waals surface area contributed by atoms with Gasteiger partial charge in [-0.3, -0.25) is 4.90 Å². The van der Waals surface area contributed by atoms with Crippen molar-refractivity contribution >= 4 is 5.69 Å². The molecule has 150 valence electrons. The minimum atomic E-state index is -1.73. The van der Waals surface area contributed by atoms with E-state index in [1.807, 2.05) is 12.1 Å². The molecule has 0 aliphatic heterocycles. The number of aliphatic hydroxyl groups is 1. The van der Waals surface area contributed by atoms with Crippen molar-refractivity contribution in [3.05, 3.63) is 77.9 Å². The van der Waals surface area contributed by atoms with E-state index in [0.717, 1.165) is 17.7 Å². The highest BCUT2D eigenvalue weighted by Crippen LogP contribution is 2.28. The smallest absolute Gasteiger partial charge is 0.137 e. The quantitative estimate of drug-likeness (QED) is 0.450. The molecule has 1 heterocycles. The topological polar surface area (TPSA) is 80.2 Å². The molecule has 0 fully saturated rings. The Kier molecular flexibility index (Phi) is 6.22. The van der Waals surface area contributed by atoms with E-state index in [-0.39, 0.29) is 25.2 Å². The van der Waals surface area contributed by atoms with Gasteiger partial charge >= 0.3 is 0 Å². The molecule has 1 aromatic heterocycles. The molecule has 29 heavy (non-hydrogen) atoms. The van der Waals surface area contributed by atoms with Crippen LogP contribution < -0.4 is 5.73 Å². The van der Waals surface area contributed by atoms with Crippen LogP contribution in [0, 0.1) is 24.0 Å². The molecule has 3 rings (SSSR count). The third-order valence-corrected chi connectivity index (χ3v) is 4.51. The van der Waals surface area contributed by atoms with E-state index in [1.54, 1.807) is 17.0 Å². The zero-order valence-electron chi connectivity index (χ0n) is 15.7. The number of halogens is 2. The zero-order chi connectivity index (χ0) is 20.9. The SMILES string of the molecule is C#CCN(Cc1ccc(N)cc1)CC(O)(Cn1cncn1)c1ccc(F)cc1F. The van der Waals surface area contributed by atoms with Crippen LogP contribution in [-0.4, -0.2) is 37.9 Å². The molecule has 3 aromatic rings. The Morgan fingerprint density at radius 2 is 1.97 bits per heavy atom. The highest BCUT2D eigenvalue weighted by Gasteiger charge is 2.35. The Morgan fingerprint density at radius 1 is 1.21 bits per heavy atom. The van der Waals surface area contributed by atoms with Crippen molar-refractivity contribution in [2.24, 2.45) is 0 Å². The number of nitrogens with zero attached hydrogens (tertiary/aromatic N) is 4. The molecule has 0 bridgehead atoms. The van der Waals surface area contributed by atoms with Gasteiger partial charge in [0.1, 0.15) is 29.9 Å². The molecular formula is C21H21F2N5O. The van der Waals surface area contributed by atoms with E-state index in [2.05, 4.69) is 16.0 Å². The maximum atomic E-state index is 14.6. The number of hydrogen-bond donors (Lipinski definition) is 2. The largest absolute Gasteiger partial charge is 0.399 e. The van der Waals surface area contributed by atoms with Crippen LogP contribution in [0.25, 0.3) is 0 Å². The summed E-state index contributed by atoms with van der Waals surface area (Å²) in [4.78, 5) is 5.65. The van der Waals surface area contributed by atoms with Gasteiger partial charge < -0.3 is 10.8 Å². The number of aromatic nitrogens is 3.